The number of nitrogens with one attached hydrogen (secondary N) is 1. The zero-order valence-electron chi connectivity index (χ0n) is 16.7. The molecule has 1 aromatic rings. The van der Waals surface area contributed by atoms with Gasteiger partial charge in [-0.3, -0.25) is 0 Å². The first kappa shape index (κ1) is 19.9. The van der Waals surface area contributed by atoms with Gasteiger partial charge in [-0.15, -0.1) is 5.10 Å². The number of urea groups is 1. The summed E-state index contributed by atoms with van der Waals surface area (Å²) in [4.78, 5) is 14.3. The highest BCUT2D eigenvalue weighted by Crippen LogP contribution is 2.22. The summed E-state index contributed by atoms with van der Waals surface area (Å²) in [6.07, 6.45) is 3.72. The third-order valence-electron chi connectivity index (χ3n) is 5.33. The lowest BCUT2D eigenvalue weighted by Gasteiger charge is -2.33. The monoisotopic (exact) mass is 376 g/mol. The number of amides is 2. The molecule has 0 aromatic carbocycles. The van der Waals surface area contributed by atoms with E-state index in [2.05, 4.69) is 36.3 Å². The second-order valence-corrected chi connectivity index (χ2v) is 8.58. The van der Waals surface area contributed by atoms with Gasteiger partial charge in [0.05, 0.1) is 12.3 Å². The zero-order chi connectivity index (χ0) is 19.3. The van der Waals surface area contributed by atoms with Gasteiger partial charge in [0, 0.05) is 43.8 Å². The highest BCUT2D eigenvalue weighted by atomic mass is 16.5. The Kier molecular flexibility index (Phi) is 6.52. The fraction of sp³-hybridized carbons (Fsp3) is 0.750. The summed E-state index contributed by atoms with van der Waals surface area (Å²) in [6.45, 7) is 10.00. The predicted octanol–water partition coefficient (Wildman–Crippen LogP) is 2.75. The van der Waals surface area contributed by atoms with Crippen LogP contribution in [0.2, 0.25) is 0 Å². The first-order valence-corrected chi connectivity index (χ1v) is 10.0. The van der Waals surface area contributed by atoms with E-state index in [0.717, 1.165) is 57.7 Å². The van der Waals surface area contributed by atoms with E-state index in [-0.39, 0.29) is 17.5 Å². The number of hydrogen-bond acceptors (Lipinski definition) is 5. The van der Waals surface area contributed by atoms with Crippen LogP contribution in [-0.4, -0.2) is 60.1 Å². The zero-order valence-corrected chi connectivity index (χ0v) is 16.7. The molecule has 0 unspecified atom stereocenters. The molecule has 0 spiro atoms. The molecule has 27 heavy (non-hydrogen) atoms. The van der Waals surface area contributed by atoms with Crippen LogP contribution in [0.3, 0.4) is 0 Å². The van der Waals surface area contributed by atoms with Crippen molar-refractivity contribution in [3.63, 3.8) is 0 Å². The number of ether oxygens (including phenoxy) is 2. The molecule has 0 atom stereocenters. The average molecular weight is 377 g/mol. The molecule has 7 heteroatoms. The number of carbonyl (C=O) groups is 1. The molecule has 0 radical (unpaired) electrons. The summed E-state index contributed by atoms with van der Waals surface area (Å²) in [5.74, 6) is 1.02. The molecule has 3 rings (SSSR count). The minimum atomic E-state index is -0.0103. The first-order chi connectivity index (χ1) is 12.9. The molecule has 2 amide bonds. The lowest BCUT2D eigenvalue weighted by molar-refractivity contribution is 0.0765. The van der Waals surface area contributed by atoms with Gasteiger partial charge in [-0.2, -0.15) is 5.10 Å². The lowest BCUT2D eigenvalue weighted by atomic mass is 9.92. The van der Waals surface area contributed by atoms with E-state index in [1.807, 2.05) is 17.0 Å². The van der Waals surface area contributed by atoms with Gasteiger partial charge >= 0.3 is 6.03 Å². The molecule has 0 saturated carbocycles. The summed E-state index contributed by atoms with van der Waals surface area (Å²) < 4.78 is 11.2. The predicted molar refractivity (Wildman–Crippen MR) is 103 cm³/mol. The van der Waals surface area contributed by atoms with E-state index in [1.54, 1.807) is 0 Å². The smallest absolute Gasteiger partial charge is 0.317 e. The van der Waals surface area contributed by atoms with Gasteiger partial charge in [0.15, 0.2) is 0 Å². The Hall–Kier alpha value is -1.89. The third kappa shape index (κ3) is 5.79. The largest absolute Gasteiger partial charge is 0.476 e. The number of rotatable bonds is 4. The molecule has 3 heterocycles. The topological polar surface area (TPSA) is 76.6 Å². The molecule has 2 aliphatic rings. The molecule has 0 aliphatic carbocycles. The second-order valence-electron chi connectivity index (χ2n) is 8.58. The van der Waals surface area contributed by atoms with Crippen molar-refractivity contribution < 1.29 is 14.3 Å². The molecule has 1 N–H and O–H groups in total. The van der Waals surface area contributed by atoms with Crippen molar-refractivity contribution in [2.24, 2.45) is 5.92 Å². The summed E-state index contributed by atoms with van der Waals surface area (Å²) >= 11 is 0. The Bertz CT molecular complexity index is 601. The van der Waals surface area contributed by atoms with Crippen molar-refractivity contribution in [3.05, 3.63) is 17.8 Å². The Morgan fingerprint density at radius 1 is 1.19 bits per heavy atom. The van der Waals surface area contributed by atoms with Crippen LogP contribution < -0.4 is 10.1 Å². The lowest BCUT2D eigenvalue weighted by Crippen LogP contribution is -2.49. The van der Waals surface area contributed by atoms with Gasteiger partial charge in [0.25, 0.3) is 0 Å². The number of aromatic nitrogens is 2. The Morgan fingerprint density at radius 3 is 2.48 bits per heavy atom. The van der Waals surface area contributed by atoms with Gasteiger partial charge in [-0.05, 0) is 37.7 Å². The molecule has 150 valence electrons. The Balaban J connectivity index is 1.38. The van der Waals surface area contributed by atoms with E-state index in [0.29, 0.717) is 18.4 Å². The normalized spacial score (nSPS) is 19.7. The van der Waals surface area contributed by atoms with Crippen LogP contribution in [-0.2, 0) is 10.2 Å². The molecular formula is C20H32N4O3. The first-order valence-electron chi connectivity index (χ1n) is 10.0. The van der Waals surface area contributed by atoms with Gasteiger partial charge in [0.2, 0.25) is 5.88 Å². The SMILES string of the molecule is CC(C)(C)c1ccc(OCC2CCN(C(=O)NC3CCOCC3)CC2)nn1. The quantitative estimate of drug-likeness (QED) is 0.874. The van der Waals surface area contributed by atoms with Crippen LogP contribution in [0.15, 0.2) is 12.1 Å². The fourth-order valence-electron chi connectivity index (χ4n) is 3.41. The maximum atomic E-state index is 12.4. The third-order valence-corrected chi connectivity index (χ3v) is 5.33. The van der Waals surface area contributed by atoms with Gasteiger partial charge in [-0.1, -0.05) is 20.8 Å². The number of likely N-dealkylation sites (tertiary alicyclic amines) is 1. The molecule has 1 aromatic heterocycles. The maximum Gasteiger partial charge on any atom is 0.317 e. The van der Waals surface area contributed by atoms with Crippen molar-refractivity contribution in [2.75, 3.05) is 32.9 Å². The number of carbonyl (C=O) groups excluding carboxylic acids is 1. The van der Waals surface area contributed by atoms with E-state index in [4.69, 9.17) is 9.47 Å². The maximum absolute atomic E-state index is 12.4. The van der Waals surface area contributed by atoms with E-state index in [1.165, 1.54) is 0 Å². The van der Waals surface area contributed by atoms with Crippen molar-refractivity contribution in [3.8, 4) is 5.88 Å². The van der Waals surface area contributed by atoms with Crippen LogP contribution in [0.25, 0.3) is 0 Å². The summed E-state index contributed by atoms with van der Waals surface area (Å²) in [7, 11) is 0. The highest BCUT2D eigenvalue weighted by Gasteiger charge is 2.25. The van der Waals surface area contributed by atoms with E-state index >= 15 is 0 Å². The van der Waals surface area contributed by atoms with Crippen LogP contribution in [0.5, 0.6) is 5.88 Å². The molecule has 2 aliphatic heterocycles. The van der Waals surface area contributed by atoms with Crippen LogP contribution in [0.1, 0.15) is 52.1 Å². The number of piperidine rings is 1. The van der Waals surface area contributed by atoms with Gasteiger partial charge < -0.3 is 19.7 Å². The van der Waals surface area contributed by atoms with E-state index < -0.39 is 0 Å². The Labute approximate surface area is 161 Å². The fourth-order valence-corrected chi connectivity index (χ4v) is 3.41. The standard InChI is InChI=1S/C20H32N4O3/c1-20(2,3)17-4-5-18(23-22-17)27-14-15-6-10-24(11-7-15)19(25)21-16-8-12-26-13-9-16/h4-5,15-16H,6-14H2,1-3H3,(H,21,25). The van der Waals surface area contributed by atoms with Gasteiger partial charge in [-0.25, -0.2) is 4.79 Å². The van der Waals surface area contributed by atoms with Crippen molar-refractivity contribution in [1.29, 1.82) is 0 Å². The van der Waals surface area contributed by atoms with Gasteiger partial charge in [0.1, 0.15) is 0 Å². The highest BCUT2D eigenvalue weighted by molar-refractivity contribution is 5.74. The van der Waals surface area contributed by atoms with Crippen molar-refractivity contribution >= 4 is 6.03 Å². The van der Waals surface area contributed by atoms with Crippen LogP contribution in [0.4, 0.5) is 4.79 Å². The van der Waals surface area contributed by atoms with Crippen LogP contribution >= 0.6 is 0 Å². The number of nitrogens with zero attached hydrogens (tertiary/aromatic N) is 3. The molecule has 2 fully saturated rings. The molecule has 0 bridgehead atoms. The Morgan fingerprint density at radius 2 is 1.89 bits per heavy atom. The van der Waals surface area contributed by atoms with E-state index in [9.17, 15) is 4.79 Å². The van der Waals surface area contributed by atoms with Crippen molar-refractivity contribution in [1.82, 2.24) is 20.4 Å². The molecule has 7 nitrogen and oxygen atoms in total. The summed E-state index contributed by atoms with van der Waals surface area (Å²) in [6, 6.07) is 4.18. The van der Waals surface area contributed by atoms with Crippen LogP contribution in [0, 0.1) is 5.92 Å². The molecule has 2 saturated heterocycles. The second kappa shape index (κ2) is 8.87. The number of hydrogen-bond donors (Lipinski definition) is 1. The minimum absolute atomic E-state index is 0.0103. The minimum Gasteiger partial charge on any atom is -0.476 e. The van der Waals surface area contributed by atoms with Crippen molar-refractivity contribution in [2.45, 2.75) is 57.9 Å². The summed E-state index contributed by atoms with van der Waals surface area (Å²) in [5.41, 5.74) is 0.947. The summed E-state index contributed by atoms with van der Waals surface area (Å²) in [5, 5.41) is 11.6. The average Bonchev–Trinajstić information content (AvgIpc) is 2.67. The molecular weight excluding hydrogens is 344 g/mol.